The number of rotatable bonds is 9. The Morgan fingerprint density at radius 2 is 1.43 bits per heavy atom. The molecule has 0 aromatic rings. The number of alkyl halides is 8. The Morgan fingerprint density at radius 3 is 1.78 bits per heavy atom. The van der Waals surface area contributed by atoms with Crippen LogP contribution in [0.2, 0.25) is 0 Å². The summed E-state index contributed by atoms with van der Waals surface area (Å²) < 4.78 is 137. The first kappa shape index (κ1) is 22.3. The molecule has 0 radical (unpaired) electrons. The van der Waals surface area contributed by atoms with E-state index in [4.69, 9.17) is 4.55 Å². The normalized spacial score (nSPS) is 17.1. The predicted molar refractivity (Wildman–Crippen MR) is 57.9 cm³/mol. The Labute approximate surface area is 125 Å². The summed E-state index contributed by atoms with van der Waals surface area (Å²) in [5, 5.41) is 0. The minimum absolute atomic E-state index is 0.198. The number of ether oxygens (including phenoxy) is 2. The van der Waals surface area contributed by atoms with Crippen LogP contribution in [0.4, 0.5) is 35.1 Å². The van der Waals surface area contributed by atoms with Gasteiger partial charge < -0.3 is 4.74 Å². The SMILES string of the molecule is CCCCCOC(F)(F)C(F)(OC(F)(F)S(=O)(=O)O)C(F)(F)F. The average Bonchev–Trinajstić information content (AvgIpc) is 2.31. The van der Waals surface area contributed by atoms with Gasteiger partial charge in [-0.25, -0.2) is 0 Å². The molecule has 0 bridgehead atoms. The van der Waals surface area contributed by atoms with Crippen LogP contribution in [0, 0.1) is 0 Å². The molecule has 0 heterocycles. The first-order valence-corrected chi connectivity index (χ1v) is 7.28. The largest absolute Gasteiger partial charge is 0.491 e. The fourth-order valence-electron chi connectivity index (χ4n) is 1.14. The second-order valence-corrected chi connectivity index (χ2v) is 5.63. The fraction of sp³-hybridized carbons (Fsp3) is 1.00. The molecule has 5 nitrogen and oxygen atoms in total. The van der Waals surface area contributed by atoms with Crippen LogP contribution in [0.3, 0.4) is 0 Å². The maximum Gasteiger partial charge on any atom is 0.491 e. The quantitative estimate of drug-likeness (QED) is 0.374. The third-order valence-corrected chi connectivity index (χ3v) is 3.01. The lowest BCUT2D eigenvalue weighted by atomic mass is 10.2. The second kappa shape index (κ2) is 7.03. The molecule has 23 heavy (non-hydrogen) atoms. The zero-order valence-corrected chi connectivity index (χ0v) is 12.2. The molecule has 0 aliphatic rings. The van der Waals surface area contributed by atoms with Gasteiger partial charge in [-0.05, 0) is 6.42 Å². The number of unbranched alkanes of at least 4 members (excludes halogenated alkanes) is 2. The van der Waals surface area contributed by atoms with Crippen LogP contribution >= 0.6 is 0 Å². The van der Waals surface area contributed by atoms with Crippen molar-refractivity contribution in [3.63, 3.8) is 0 Å². The fourth-order valence-corrected chi connectivity index (χ4v) is 1.36. The van der Waals surface area contributed by atoms with Crippen molar-refractivity contribution < 1.29 is 57.6 Å². The maximum atomic E-state index is 13.5. The minimum Gasteiger partial charge on any atom is -0.316 e. The van der Waals surface area contributed by atoms with E-state index in [9.17, 15) is 43.5 Å². The molecule has 0 aliphatic carbocycles. The third-order valence-electron chi connectivity index (χ3n) is 2.33. The standard InChI is InChI=1S/C9H12F8O5S/c1-2-3-4-5-21-8(14,15)6(10,7(11,12)13)22-9(16,17)23(18,19)20/h2-5H2,1H3,(H,18,19,20). The van der Waals surface area contributed by atoms with Crippen molar-refractivity contribution in [1.82, 2.24) is 0 Å². The van der Waals surface area contributed by atoms with Crippen LogP contribution in [-0.2, 0) is 19.6 Å². The molecule has 0 aromatic carbocycles. The number of hydrogen-bond acceptors (Lipinski definition) is 4. The van der Waals surface area contributed by atoms with Gasteiger partial charge in [0.2, 0.25) is 0 Å². The van der Waals surface area contributed by atoms with Crippen molar-refractivity contribution in [2.24, 2.45) is 0 Å². The summed E-state index contributed by atoms with van der Waals surface area (Å²) in [6.07, 6.45) is -12.5. The molecule has 0 aromatic heterocycles. The molecule has 1 unspecified atom stereocenters. The van der Waals surface area contributed by atoms with E-state index in [-0.39, 0.29) is 12.8 Å². The van der Waals surface area contributed by atoms with Crippen LogP contribution in [0.1, 0.15) is 26.2 Å². The van der Waals surface area contributed by atoms with Crippen molar-refractivity contribution in [3.05, 3.63) is 0 Å². The highest BCUT2D eigenvalue weighted by atomic mass is 32.2. The highest BCUT2D eigenvalue weighted by Gasteiger charge is 2.78. The molecular weight excluding hydrogens is 372 g/mol. The smallest absolute Gasteiger partial charge is 0.316 e. The van der Waals surface area contributed by atoms with Crippen molar-refractivity contribution in [2.45, 2.75) is 49.8 Å². The van der Waals surface area contributed by atoms with Crippen LogP contribution in [0.5, 0.6) is 0 Å². The van der Waals surface area contributed by atoms with Crippen molar-refractivity contribution >= 4 is 10.1 Å². The summed E-state index contributed by atoms with van der Waals surface area (Å²) in [6.45, 7) is 0.437. The summed E-state index contributed by atoms with van der Waals surface area (Å²) in [5.41, 5.74) is -6.30. The Bertz CT molecular complexity index is 491. The van der Waals surface area contributed by atoms with Gasteiger partial charge in [-0.2, -0.15) is 43.5 Å². The van der Waals surface area contributed by atoms with Crippen LogP contribution in [-0.4, -0.2) is 43.2 Å². The molecular formula is C9H12F8O5S. The Hall–Kier alpha value is -0.730. The highest BCUT2D eigenvalue weighted by Crippen LogP contribution is 2.50. The summed E-state index contributed by atoms with van der Waals surface area (Å²) in [6, 6.07) is 0. The molecule has 140 valence electrons. The van der Waals surface area contributed by atoms with E-state index >= 15 is 0 Å². The molecule has 0 aliphatic heterocycles. The van der Waals surface area contributed by atoms with Crippen molar-refractivity contribution in [3.8, 4) is 0 Å². The van der Waals surface area contributed by atoms with Crippen LogP contribution in [0.15, 0.2) is 0 Å². The van der Waals surface area contributed by atoms with Gasteiger partial charge in [0.15, 0.2) is 0 Å². The zero-order valence-electron chi connectivity index (χ0n) is 11.3. The first-order chi connectivity index (χ1) is 10.0. The molecule has 0 saturated carbocycles. The lowest BCUT2D eigenvalue weighted by Gasteiger charge is -2.35. The van der Waals surface area contributed by atoms with Gasteiger partial charge in [-0.3, -0.25) is 9.29 Å². The van der Waals surface area contributed by atoms with E-state index in [1.54, 1.807) is 6.92 Å². The molecule has 0 rings (SSSR count). The van der Waals surface area contributed by atoms with E-state index < -0.39 is 40.3 Å². The summed E-state index contributed by atoms with van der Waals surface area (Å²) in [5.74, 6) is -6.52. The van der Waals surface area contributed by atoms with Gasteiger partial charge in [0, 0.05) is 0 Å². The highest BCUT2D eigenvalue weighted by molar-refractivity contribution is 7.86. The van der Waals surface area contributed by atoms with E-state index in [0.717, 1.165) is 0 Å². The number of hydrogen-bond donors (Lipinski definition) is 1. The van der Waals surface area contributed by atoms with Gasteiger partial charge in [0.25, 0.3) is 0 Å². The predicted octanol–water partition coefficient (Wildman–Crippen LogP) is 3.47. The molecule has 1 N–H and O–H groups in total. The number of halogens is 8. The van der Waals surface area contributed by atoms with Crippen molar-refractivity contribution in [2.75, 3.05) is 6.61 Å². The van der Waals surface area contributed by atoms with E-state index in [1.807, 2.05) is 0 Å². The lowest BCUT2D eigenvalue weighted by molar-refractivity contribution is -0.488. The van der Waals surface area contributed by atoms with E-state index in [2.05, 4.69) is 9.47 Å². The van der Waals surface area contributed by atoms with Gasteiger partial charge in [-0.15, -0.1) is 0 Å². The van der Waals surface area contributed by atoms with Crippen molar-refractivity contribution in [1.29, 1.82) is 0 Å². The average molecular weight is 384 g/mol. The zero-order chi connectivity index (χ0) is 18.7. The van der Waals surface area contributed by atoms with E-state index in [1.165, 1.54) is 0 Å². The maximum absolute atomic E-state index is 13.5. The first-order valence-electron chi connectivity index (χ1n) is 5.84. The monoisotopic (exact) mass is 384 g/mol. The molecule has 0 amide bonds. The molecule has 0 spiro atoms. The van der Waals surface area contributed by atoms with E-state index in [0.29, 0.717) is 6.42 Å². The summed E-state index contributed by atoms with van der Waals surface area (Å²) >= 11 is 0. The second-order valence-electron chi connectivity index (χ2n) is 4.21. The Kier molecular flexibility index (Phi) is 6.80. The summed E-state index contributed by atoms with van der Waals surface area (Å²) in [7, 11) is -6.77. The third kappa shape index (κ3) is 5.12. The van der Waals surface area contributed by atoms with Gasteiger partial charge in [0.1, 0.15) is 0 Å². The Balaban J connectivity index is 5.58. The molecule has 14 heteroatoms. The van der Waals surface area contributed by atoms with Gasteiger partial charge >= 0.3 is 33.7 Å². The summed E-state index contributed by atoms with van der Waals surface area (Å²) in [4.78, 5) is 0. The Morgan fingerprint density at radius 1 is 0.957 bits per heavy atom. The van der Waals surface area contributed by atoms with Crippen LogP contribution < -0.4 is 0 Å². The topological polar surface area (TPSA) is 72.8 Å². The molecule has 1 atom stereocenters. The minimum atomic E-state index is -6.81. The molecule has 0 saturated heterocycles. The van der Waals surface area contributed by atoms with Gasteiger partial charge in [-0.1, -0.05) is 19.8 Å². The lowest BCUT2D eigenvalue weighted by Crippen LogP contribution is -2.61. The molecule has 0 fully saturated rings. The van der Waals surface area contributed by atoms with Crippen LogP contribution in [0.25, 0.3) is 0 Å². The van der Waals surface area contributed by atoms with Gasteiger partial charge in [0.05, 0.1) is 6.61 Å².